The third-order valence-corrected chi connectivity index (χ3v) is 6.00. The first-order valence-corrected chi connectivity index (χ1v) is 10.7. The Kier molecular flexibility index (Phi) is 6.34. The molecule has 1 saturated heterocycles. The molecule has 1 fully saturated rings. The molecule has 2 aromatic carbocycles. The van der Waals surface area contributed by atoms with E-state index >= 15 is 0 Å². The predicted molar refractivity (Wildman–Crippen MR) is 118 cm³/mol. The number of hydrogen-bond acceptors (Lipinski definition) is 5. The van der Waals surface area contributed by atoms with Crippen molar-refractivity contribution in [2.75, 3.05) is 33.9 Å². The van der Waals surface area contributed by atoms with Crippen molar-refractivity contribution in [3.63, 3.8) is 0 Å². The van der Waals surface area contributed by atoms with Crippen LogP contribution in [0.4, 0.5) is 4.79 Å². The molecule has 3 amide bonds. The maximum Gasteiger partial charge on any atom is 0.327 e. The van der Waals surface area contributed by atoms with Crippen LogP contribution in [0.1, 0.15) is 29.2 Å². The summed E-state index contributed by atoms with van der Waals surface area (Å²) in [5.74, 6) is 0.994. The van der Waals surface area contributed by atoms with Crippen LogP contribution in [0.5, 0.6) is 11.5 Å². The van der Waals surface area contributed by atoms with E-state index in [0.717, 1.165) is 23.4 Å². The fourth-order valence-electron chi connectivity index (χ4n) is 4.12. The number of hydrogen-bond donors (Lipinski definition) is 1. The quantitative estimate of drug-likeness (QED) is 0.633. The van der Waals surface area contributed by atoms with Gasteiger partial charge in [0.1, 0.15) is 13.2 Å². The lowest BCUT2D eigenvalue weighted by molar-refractivity contribution is -0.125. The van der Waals surface area contributed by atoms with E-state index in [1.54, 1.807) is 14.2 Å². The highest BCUT2D eigenvalue weighted by atomic mass is 35.5. The zero-order chi connectivity index (χ0) is 22.0. The Labute approximate surface area is 186 Å². The lowest BCUT2D eigenvalue weighted by atomic mass is 10.1. The number of benzene rings is 2. The molecular weight excluding hydrogens is 418 g/mol. The smallest absolute Gasteiger partial charge is 0.327 e. The number of rotatable bonds is 8. The number of imide groups is 1. The minimum atomic E-state index is -0.294. The molecule has 31 heavy (non-hydrogen) atoms. The maximum absolute atomic E-state index is 11.9. The van der Waals surface area contributed by atoms with Crippen LogP contribution < -0.4 is 14.8 Å². The van der Waals surface area contributed by atoms with Gasteiger partial charge in [0.25, 0.3) is 0 Å². The van der Waals surface area contributed by atoms with E-state index < -0.39 is 0 Å². The Morgan fingerprint density at radius 3 is 2.74 bits per heavy atom. The summed E-state index contributed by atoms with van der Waals surface area (Å²) in [7, 11) is 3.20. The van der Waals surface area contributed by atoms with Gasteiger partial charge in [-0.2, -0.15) is 0 Å². The minimum absolute atomic E-state index is 0.113. The molecular formula is C23H26ClN3O4. The summed E-state index contributed by atoms with van der Waals surface area (Å²) in [5, 5.41) is 4.40. The molecule has 0 saturated carbocycles. The van der Waals surface area contributed by atoms with Crippen LogP contribution in [0.15, 0.2) is 36.4 Å². The maximum atomic E-state index is 11.9. The first-order chi connectivity index (χ1) is 15.0. The molecule has 0 aromatic heterocycles. The summed E-state index contributed by atoms with van der Waals surface area (Å²) in [5.41, 5.74) is 3.71. The summed E-state index contributed by atoms with van der Waals surface area (Å²) in [4.78, 5) is 26.4. The molecule has 164 valence electrons. The summed E-state index contributed by atoms with van der Waals surface area (Å²) in [6.45, 7) is 1.23. The predicted octanol–water partition coefficient (Wildman–Crippen LogP) is 3.40. The lowest BCUT2D eigenvalue weighted by Crippen LogP contribution is -2.35. The number of aryl methyl sites for hydroxylation is 1. The number of carbonyl (C=O) groups is 2. The van der Waals surface area contributed by atoms with Crippen LogP contribution in [0, 0.1) is 0 Å². The average Bonchev–Trinajstić information content (AvgIpc) is 3.27. The van der Waals surface area contributed by atoms with Crippen LogP contribution in [0.25, 0.3) is 0 Å². The third kappa shape index (κ3) is 4.62. The SMILES string of the molecule is COc1cc(CNC2CCc3cc(Cl)ccc32)ccc1OCCN1C(=O)CN(C)C1=O. The highest BCUT2D eigenvalue weighted by Crippen LogP contribution is 2.33. The molecule has 2 aromatic rings. The summed E-state index contributed by atoms with van der Waals surface area (Å²) >= 11 is 6.10. The number of likely N-dealkylation sites (N-methyl/N-ethyl adjacent to an activating group) is 1. The fourth-order valence-corrected chi connectivity index (χ4v) is 4.31. The van der Waals surface area contributed by atoms with Crippen LogP contribution >= 0.6 is 11.6 Å². The van der Waals surface area contributed by atoms with E-state index in [9.17, 15) is 9.59 Å². The van der Waals surface area contributed by atoms with E-state index in [2.05, 4.69) is 17.4 Å². The van der Waals surface area contributed by atoms with Gasteiger partial charge in [0, 0.05) is 24.7 Å². The van der Waals surface area contributed by atoms with Crippen molar-refractivity contribution in [1.82, 2.24) is 15.1 Å². The first-order valence-electron chi connectivity index (χ1n) is 10.3. The van der Waals surface area contributed by atoms with E-state index in [4.69, 9.17) is 21.1 Å². The number of halogens is 1. The second-order valence-electron chi connectivity index (χ2n) is 7.83. The molecule has 1 aliphatic carbocycles. The van der Waals surface area contributed by atoms with Crippen molar-refractivity contribution in [2.45, 2.75) is 25.4 Å². The van der Waals surface area contributed by atoms with Crippen molar-refractivity contribution in [3.8, 4) is 11.5 Å². The number of fused-ring (bicyclic) bond motifs is 1. The number of carbonyl (C=O) groups excluding carboxylic acids is 2. The Hall–Kier alpha value is -2.77. The number of methoxy groups -OCH3 is 1. The normalized spacial score (nSPS) is 18.0. The molecule has 2 aliphatic rings. The van der Waals surface area contributed by atoms with Gasteiger partial charge in [-0.3, -0.25) is 9.69 Å². The monoisotopic (exact) mass is 443 g/mol. The van der Waals surface area contributed by atoms with Gasteiger partial charge in [0.2, 0.25) is 5.91 Å². The molecule has 0 bridgehead atoms. The highest BCUT2D eigenvalue weighted by molar-refractivity contribution is 6.30. The molecule has 1 aliphatic heterocycles. The standard InChI is InChI=1S/C23H26ClN3O4/c1-26-14-22(28)27(23(26)29)9-10-31-20-8-3-15(11-21(20)30-2)13-25-19-7-4-16-12-17(24)5-6-18(16)19/h3,5-6,8,11-12,19,25H,4,7,9-10,13-14H2,1-2H3. The molecule has 4 rings (SSSR count). The van der Waals surface area contributed by atoms with Gasteiger partial charge >= 0.3 is 6.03 Å². The van der Waals surface area contributed by atoms with Gasteiger partial charge < -0.3 is 19.7 Å². The molecule has 0 radical (unpaired) electrons. The molecule has 1 atom stereocenters. The van der Waals surface area contributed by atoms with Crippen molar-refractivity contribution in [1.29, 1.82) is 0 Å². The number of amides is 3. The number of urea groups is 1. The second-order valence-corrected chi connectivity index (χ2v) is 8.27. The fraction of sp³-hybridized carbons (Fsp3) is 0.391. The van der Waals surface area contributed by atoms with Gasteiger partial charge in [-0.15, -0.1) is 0 Å². The van der Waals surface area contributed by atoms with Crippen LogP contribution in [-0.2, 0) is 17.8 Å². The van der Waals surface area contributed by atoms with Crippen molar-refractivity contribution < 1.29 is 19.1 Å². The Morgan fingerprint density at radius 2 is 2.00 bits per heavy atom. The number of nitrogens with one attached hydrogen (secondary N) is 1. The minimum Gasteiger partial charge on any atom is -0.493 e. The molecule has 1 unspecified atom stereocenters. The van der Waals surface area contributed by atoms with E-state index in [1.165, 1.54) is 20.9 Å². The Bertz CT molecular complexity index is 997. The Balaban J connectivity index is 1.33. The van der Waals surface area contributed by atoms with Crippen molar-refractivity contribution in [3.05, 3.63) is 58.1 Å². The van der Waals surface area contributed by atoms with Crippen LogP contribution in [0.3, 0.4) is 0 Å². The third-order valence-electron chi connectivity index (χ3n) is 5.77. The number of ether oxygens (including phenoxy) is 2. The zero-order valence-electron chi connectivity index (χ0n) is 17.7. The summed E-state index contributed by atoms with van der Waals surface area (Å²) in [6.07, 6.45) is 2.08. The van der Waals surface area contributed by atoms with Crippen molar-refractivity contribution >= 4 is 23.5 Å². The van der Waals surface area contributed by atoms with Crippen LogP contribution in [0.2, 0.25) is 5.02 Å². The van der Waals surface area contributed by atoms with Gasteiger partial charge in [-0.05, 0) is 53.8 Å². The van der Waals surface area contributed by atoms with E-state index in [1.807, 2.05) is 24.3 Å². The zero-order valence-corrected chi connectivity index (χ0v) is 18.4. The Morgan fingerprint density at radius 1 is 1.16 bits per heavy atom. The largest absolute Gasteiger partial charge is 0.493 e. The molecule has 8 heteroatoms. The van der Waals surface area contributed by atoms with E-state index in [-0.39, 0.29) is 31.6 Å². The molecule has 1 N–H and O–H groups in total. The lowest BCUT2D eigenvalue weighted by Gasteiger charge is -2.17. The summed E-state index contributed by atoms with van der Waals surface area (Å²) in [6, 6.07) is 11.9. The average molecular weight is 444 g/mol. The van der Waals surface area contributed by atoms with Gasteiger partial charge in [-0.1, -0.05) is 23.7 Å². The first kappa shape index (κ1) is 21.5. The molecule has 7 nitrogen and oxygen atoms in total. The second kappa shape index (κ2) is 9.16. The van der Waals surface area contributed by atoms with Crippen molar-refractivity contribution in [2.24, 2.45) is 0 Å². The van der Waals surface area contributed by atoms with Gasteiger partial charge in [0.05, 0.1) is 13.7 Å². The molecule has 0 spiro atoms. The van der Waals surface area contributed by atoms with Gasteiger partial charge in [-0.25, -0.2) is 4.79 Å². The van der Waals surface area contributed by atoms with E-state index in [0.29, 0.717) is 24.1 Å². The highest BCUT2D eigenvalue weighted by Gasteiger charge is 2.33. The van der Waals surface area contributed by atoms with Gasteiger partial charge in [0.15, 0.2) is 11.5 Å². The van der Waals surface area contributed by atoms with Crippen LogP contribution in [-0.4, -0.2) is 55.6 Å². The number of nitrogens with zero attached hydrogens (tertiary/aromatic N) is 2. The topological polar surface area (TPSA) is 71.1 Å². The summed E-state index contributed by atoms with van der Waals surface area (Å²) < 4.78 is 11.3. The molecule has 1 heterocycles.